The Hall–Kier alpha value is 0.0400. The Morgan fingerprint density at radius 2 is 1.50 bits per heavy atom. The standard InChI is InChI=1S/C20H36O2S2/c1-3-18-15-23-13-9-7-5-4-6-8-10-14-24-16-19(17(2)21)11-12-20(18)22/h18-19H,3-16H2,1-2H3. The number of carbonyl (C=O) groups is 2. The van der Waals surface area contributed by atoms with E-state index in [4.69, 9.17) is 0 Å². The molecule has 1 aliphatic rings. The minimum absolute atomic E-state index is 0.0722. The normalized spacial score (nSPS) is 27.2. The van der Waals surface area contributed by atoms with Crippen LogP contribution in [0.1, 0.15) is 78.1 Å². The second-order valence-electron chi connectivity index (χ2n) is 7.04. The van der Waals surface area contributed by atoms with Crippen LogP contribution in [0.15, 0.2) is 0 Å². The fraction of sp³-hybridized carbons (Fsp3) is 0.900. The van der Waals surface area contributed by atoms with E-state index >= 15 is 0 Å². The van der Waals surface area contributed by atoms with Crippen molar-refractivity contribution < 1.29 is 9.59 Å². The second kappa shape index (κ2) is 14.2. The summed E-state index contributed by atoms with van der Waals surface area (Å²) in [5, 5.41) is 0. The maximum Gasteiger partial charge on any atom is 0.136 e. The van der Waals surface area contributed by atoms with Gasteiger partial charge in [0.05, 0.1) is 0 Å². The summed E-state index contributed by atoms with van der Waals surface area (Å²) in [7, 11) is 0. The van der Waals surface area contributed by atoms with Crippen LogP contribution < -0.4 is 0 Å². The molecular weight excluding hydrogens is 336 g/mol. The molecule has 24 heavy (non-hydrogen) atoms. The lowest BCUT2D eigenvalue weighted by molar-refractivity contribution is -0.123. The highest BCUT2D eigenvalue weighted by molar-refractivity contribution is 7.99. The van der Waals surface area contributed by atoms with Gasteiger partial charge in [0.15, 0.2) is 0 Å². The van der Waals surface area contributed by atoms with Crippen LogP contribution >= 0.6 is 23.5 Å². The molecule has 1 heterocycles. The van der Waals surface area contributed by atoms with Gasteiger partial charge in [0, 0.05) is 29.8 Å². The number of ketones is 2. The van der Waals surface area contributed by atoms with Crippen LogP contribution in [0.4, 0.5) is 0 Å². The van der Waals surface area contributed by atoms with Crippen LogP contribution in [0, 0.1) is 11.8 Å². The lowest BCUT2D eigenvalue weighted by Gasteiger charge is -2.17. The third-order valence-corrected chi connectivity index (χ3v) is 7.41. The predicted octanol–water partition coefficient (Wildman–Crippen LogP) is 5.78. The Morgan fingerprint density at radius 3 is 2.04 bits per heavy atom. The van der Waals surface area contributed by atoms with Gasteiger partial charge in [0.2, 0.25) is 0 Å². The fourth-order valence-electron chi connectivity index (χ4n) is 3.11. The average molecular weight is 373 g/mol. The lowest BCUT2D eigenvalue weighted by atomic mass is 9.94. The van der Waals surface area contributed by atoms with Crippen molar-refractivity contribution in [2.24, 2.45) is 11.8 Å². The summed E-state index contributed by atoms with van der Waals surface area (Å²) in [5.74, 6) is 5.11. The molecule has 2 nitrogen and oxygen atoms in total. The maximum atomic E-state index is 12.5. The number of rotatable bonds is 2. The fourth-order valence-corrected chi connectivity index (χ4v) is 5.65. The zero-order valence-corrected chi connectivity index (χ0v) is 17.3. The van der Waals surface area contributed by atoms with Gasteiger partial charge in [-0.3, -0.25) is 9.59 Å². The highest BCUT2D eigenvalue weighted by atomic mass is 32.2. The molecule has 0 aromatic carbocycles. The van der Waals surface area contributed by atoms with E-state index in [0.29, 0.717) is 12.2 Å². The van der Waals surface area contributed by atoms with E-state index in [9.17, 15) is 9.59 Å². The van der Waals surface area contributed by atoms with E-state index in [0.717, 1.165) is 30.1 Å². The van der Waals surface area contributed by atoms with Crippen LogP contribution in [0.2, 0.25) is 0 Å². The van der Waals surface area contributed by atoms with Crippen molar-refractivity contribution >= 4 is 35.1 Å². The molecule has 2 atom stereocenters. The molecule has 1 aliphatic heterocycles. The summed E-state index contributed by atoms with van der Waals surface area (Å²) in [6, 6.07) is 0. The summed E-state index contributed by atoms with van der Waals surface area (Å²) in [5.41, 5.74) is 0. The van der Waals surface area contributed by atoms with E-state index in [1.165, 1.54) is 50.7 Å². The highest BCUT2D eigenvalue weighted by Gasteiger charge is 2.20. The first-order valence-corrected chi connectivity index (χ1v) is 12.1. The average Bonchev–Trinajstić information content (AvgIpc) is 2.56. The van der Waals surface area contributed by atoms with E-state index in [2.05, 4.69) is 6.92 Å². The topological polar surface area (TPSA) is 34.1 Å². The molecule has 1 saturated heterocycles. The first-order chi connectivity index (χ1) is 11.6. The van der Waals surface area contributed by atoms with Crippen LogP contribution in [0.25, 0.3) is 0 Å². The molecule has 1 rings (SSSR count). The highest BCUT2D eigenvalue weighted by Crippen LogP contribution is 2.22. The Labute approximate surface area is 157 Å². The summed E-state index contributed by atoms with van der Waals surface area (Å²) < 4.78 is 0. The number of carbonyl (C=O) groups excluding carboxylic acids is 2. The second-order valence-corrected chi connectivity index (χ2v) is 9.34. The molecule has 140 valence electrons. The Bertz CT molecular complexity index is 358. The van der Waals surface area contributed by atoms with Crippen molar-refractivity contribution in [1.29, 1.82) is 0 Å². The molecule has 2 unspecified atom stereocenters. The van der Waals surface area contributed by atoms with Crippen LogP contribution in [-0.4, -0.2) is 34.6 Å². The molecule has 0 saturated carbocycles. The molecule has 0 aromatic rings. The third kappa shape index (κ3) is 10.1. The van der Waals surface area contributed by atoms with Gasteiger partial charge in [-0.25, -0.2) is 0 Å². The van der Waals surface area contributed by atoms with Crippen molar-refractivity contribution in [1.82, 2.24) is 0 Å². The largest absolute Gasteiger partial charge is 0.300 e. The number of Topliss-reactive ketones (excluding diaryl/α,β-unsaturated/α-hetero) is 2. The Kier molecular flexibility index (Phi) is 13.1. The molecule has 0 aromatic heterocycles. The zero-order valence-electron chi connectivity index (χ0n) is 15.7. The predicted molar refractivity (Wildman–Crippen MR) is 109 cm³/mol. The van der Waals surface area contributed by atoms with Crippen LogP contribution in [0.5, 0.6) is 0 Å². The molecule has 0 N–H and O–H groups in total. The van der Waals surface area contributed by atoms with Crippen molar-refractivity contribution in [3.8, 4) is 0 Å². The van der Waals surface area contributed by atoms with Gasteiger partial charge in [0.1, 0.15) is 11.6 Å². The minimum Gasteiger partial charge on any atom is -0.300 e. The van der Waals surface area contributed by atoms with Crippen LogP contribution in [0.3, 0.4) is 0 Å². The van der Waals surface area contributed by atoms with Gasteiger partial charge >= 0.3 is 0 Å². The molecule has 0 spiro atoms. The summed E-state index contributed by atoms with van der Waals surface area (Å²) in [6.07, 6.45) is 11.6. The zero-order chi connectivity index (χ0) is 17.6. The molecule has 4 heteroatoms. The van der Waals surface area contributed by atoms with E-state index in [-0.39, 0.29) is 17.6 Å². The Balaban J connectivity index is 2.50. The van der Waals surface area contributed by atoms with Crippen molar-refractivity contribution in [3.05, 3.63) is 0 Å². The SMILES string of the molecule is CCC1CSCCCCCCCCCSCC(C(C)=O)CCC1=O. The van der Waals surface area contributed by atoms with Gasteiger partial charge in [-0.2, -0.15) is 23.5 Å². The lowest BCUT2D eigenvalue weighted by Crippen LogP contribution is -2.21. The minimum atomic E-state index is 0.0722. The van der Waals surface area contributed by atoms with Crippen molar-refractivity contribution in [2.45, 2.75) is 78.1 Å². The third-order valence-electron chi connectivity index (χ3n) is 4.98. The van der Waals surface area contributed by atoms with Crippen LogP contribution in [-0.2, 0) is 9.59 Å². The molecular formula is C20H36O2S2. The summed E-state index contributed by atoms with van der Waals surface area (Å²) in [4.78, 5) is 24.3. The van der Waals surface area contributed by atoms with Gasteiger partial charge in [-0.1, -0.05) is 39.0 Å². The number of hydrogen-bond donors (Lipinski definition) is 0. The quantitative estimate of drug-likeness (QED) is 0.615. The van der Waals surface area contributed by atoms with E-state index in [1.54, 1.807) is 6.92 Å². The van der Waals surface area contributed by atoms with E-state index in [1.807, 2.05) is 23.5 Å². The molecule has 0 bridgehead atoms. The van der Waals surface area contributed by atoms with Gasteiger partial charge in [-0.05, 0) is 44.1 Å². The Morgan fingerprint density at radius 1 is 0.958 bits per heavy atom. The summed E-state index contributed by atoms with van der Waals surface area (Å²) >= 11 is 3.85. The van der Waals surface area contributed by atoms with Crippen molar-refractivity contribution in [3.63, 3.8) is 0 Å². The molecule has 1 fully saturated rings. The number of hydrogen-bond acceptors (Lipinski definition) is 4. The summed E-state index contributed by atoms with van der Waals surface area (Å²) in [6.45, 7) is 3.81. The first-order valence-electron chi connectivity index (χ1n) is 9.83. The first kappa shape index (κ1) is 22.1. The van der Waals surface area contributed by atoms with Gasteiger partial charge < -0.3 is 0 Å². The molecule has 0 aliphatic carbocycles. The van der Waals surface area contributed by atoms with E-state index < -0.39 is 0 Å². The number of thioether (sulfide) groups is 2. The van der Waals surface area contributed by atoms with Gasteiger partial charge in [-0.15, -0.1) is 0 Å². The smallest absolute Gasteiger partial charge is 0.136 e. The maximum absolute atomic E-state index is 12.5. The molecule has 0 amide bonds. The monoisotopic (exact) mass is 372 g/mol. The van der Waals surface area contributed by atoms with Crippen molar-refractivity contribution in [2.75, 3.05) is 23.0 Å². The molecule has 0 radical (unpaired) electrons. The van der Waals surface area contributed by atoms with Gasteiger partial charge in [0.25, 0.3) is 0 Å².